The second-order valence-electron chi connectivity index (χ2n) is 11.0. The Labute approximate surface area is 262 Å². The van der Waals surface area contributed by atoms with Crippen LogP contribution in [0.4, 0.5) is 11.4 Å². The molecule has 2 heterocycles. The Hall–Kier alpha value is -4.64. The van der Waals surface area contributed by atoms with Gasteiger partial charge in [-0.1, -0.05) is 72.8 Å². The fraction of sp³-hybridized carbons (Fsp3) is 0.0811. The number of pyridine rings is 2. The molecule has 0 saturated carbocycles. The molecule has 2 aromatic heterocycles. The minimum atomic E-state index is 0. The van der Waals surface area contributed by atoms with Gasteiger partial charge in [0.15, 0.2) is 25.5 Å². The molecule has 43 heavy (non-hydrogen) atoms. The van der Waals surface area contributed by atoms with Crippen molar-refractivity contribution in [2.24, 2.45) is 0 Å². The van der Waals surface area contributed by atoms with Gasteiger partial charge in [0.25, 0.3) is 0 Å². The van der Waals surface area contributed by atoms with Crippen molar-refractivity contribution in [3.05, 3.63) is 122 Å². The van der Waals surface area contributed by atoms with Crippen molar-refractivity contribution in [1.29, 1.82) is 0 Å². The number of anilines is 2. The van der Waals surface area contributed by atoms with E-state index >= 15 is 0 Å². The molecule has 0 aliphatic carbocycles. The summed E-state index contributed by atoms with van der Waals surface area (Å²) in [7, 11) is 0. The smallest absolute Gasteiger partial charge is 0.213 e. The zero-order valence-corrected chi connectivity index (χ0v) is 25.1. The Kier molecular flexibility index (Phi) is 7.43. The monoisotopic (exact) mass is 601 g/mol. The van der Waals surface area contributed by atoms with E-state index in [9.17, 15) is 0 Å². The maximum Gasteiger partial charge on any atom is 0.213 e. The summed E-state index contributed by atoms with van der Waals surface area (Å²) in [5.74, 6) is 0. The lowest BCUT2D eigenvalue weighted by Crippen LogP contribution is -3.00. The van der Waals surface area contributed by atoms with Gasteiger partial charge in [0.05, 0.1) is 28.0 Å². The first-order valence-electron chi connectivity index (χ1n) is 14.2. The summed E-state index contributed by atoms with van der Waals surface area (Å²) in [4.78, 5) is 0. The number of halogens is 2. The second kappa shape index (κ2) is 11.2. The van der Waals surface area contributed by atoms with E-state index in [0.717, 1.165) is 41.7 Å². The third-order valence-corrected chi connectivity index (χ3v) is 8.61. The van der Waals surface area contributed by atoms with Crippen LogP contribution >= 0.6 is 12.4 Å². The lowest BCUT2D eigenvalue weighted by molar-refractivity contribution is -0.701. The molecular weight excluding hydrogens is 571 g/mol. The SMILES string of the molecule is Cl.Nc1cc2c(c[n+](CCC[n+]3cc4c5ccccc5c(N)cc4c4ccccc43)c3ccccc23)c2ccccc12.[Cl-]. The Morgan fingerprint density at radius 1 is 0.419 bits per heavy atom. The van der Waals surface area contributed by atoms with Crippen molar-refractivity contribution >= 4 is 88.7 Å². The van der Waals surface area contributed by atoms with Crippen LogP contribution in [0.2, 0.25) is 0 Å². The van der Waals surface area contributed by atoms with Crippen molar-refractivity contribution in [3.8, 4) is 0 Å². The van der Waals surface area contributed by atoms with Gasteiger partial charge in [0, 0.05) is 45.1 Å². The van der Waals surface area contributed by atoms with Crippen LogP contribution in [0, 0.1) is 0 Å². The number of aryl methyl sites for hydroxylation is 2. The fourth-order valence-corrected chi connectivity index (χ4v) is 6.71. The van der Waals surface area contributed by atoms with E-state index in [4.69, 9.17) is 11.5 Å². The number of nitrogens with zero attached hydrogens (tertiary/aromatic N) is 2. The van der Waals surface area contributed by atoms with E-state index in [2.05, 4.69) is 131 Å². The van der Waals surface area contributed by atoms with Crippen LogP contribution in [0.1, 0.15) is 6.42 Å². The van der Waals surface area contributed by atoms with Crippen LogP contribution < -0.4 is 33.0 Å². The van der Waals surface area contributed by atoms with Gasteiger partial charge in [-0.3, -0.25) is 0 Å². The molecule has 0 bridgehead atoms. The average Bonchev–Trinajstić information content (AvgIpc) is 3.02. The summed E-state index contributed by atoms with van der Waals surface area (Å²) in [5.41, 5.74) is 17.1. The number of nitrogens with two attached hydrogens (primary N) is 2. The van der Waals surface area contributed by atoms with E-state index in [1.807, 2.05) is 0 Å². The highest BCUT2D eigenvalue weighted by Crippen LogP contribution is 2.34. The summed E-state index contributed by atoms with van der Waals surface area (Å²) in [6.45, 7) is 1.80. The molecule has 6 aromatic carbocycles. The van der Waals surface area contributed by atoms with E-state index in [0.29, 0.717) is 0 Å². The first-order chi connectivity index (χ1) is 20.2. The molecule has 0 atom stereocenters. The number of nitrogen functional groups attached to an aromatic ring is 2. The maximum absolute atomic E-state index is 6.51. The lowest BCUT2D eigenvalue weighted by Gasteiger charge is -2.11. The summed E-state index contributed by atoms with van der Waals surface area (Å²) >= 11 is 0. The van der Waals surface area contributed by atoms with Gasteiger partial charge >= 0.3 is 0 Å². The zero-order valence-electron chi connectivity index (χ0n) is 23.5. The number of fused-ring (bicyclic) bond motifs is 10. The molecule has 0 spiro atoms. The zero-order chi connectivity index (χ0) is 27.5. The number of hydrogen-bond acceptors (Lipinski definition) is 2. The van der Waals surface area contributed by atoms with Gasteiger partial charge in [0.1, 0.15) is 0 Å². The van der Waals surface area contributed by atoms with E-state index in [-0.39, 0.29) is 24.8 Å². The minimum absolute atomic E-state index is 0. The van der Waals surface area contributed by atoms with Crippen LogP contribution in [-0.4, -0.2) is 0 Å². The maximum atomic E-state index is 6.51. The molecule has 4 nitrogen and oxygen atoms in total. The van der Waals surface area contributed by atoms with Crippen molar-refractivity contribution < 1.29 is 21.5 Å². The quantitative estimate of drug-likeness (QED) is 0.172. The molecule has 0 fully saturated rings. The van der Waals surface area contributed by atoms with Crippen LogP contribution in [0.25, 0.3) is 64.9 Å². The molecule has 212 valence electrons. The summed E-state index contributed by atoms with van der Waals surface area (Å²) in [6, 6.07) is 38.5. The number of benzene rings is 6. The van der Waals surface area contributed by atoms with Crippen LogP contribution in [0.15, 0.2) is 122 Å². The molecule has 0 aliphatic rings. The summed E-state index contributed by atoms with van der Waals surface area (Å²) < 4.78 is 4.83. The number of rotatable bonds is 4. The number of hydrogen-bond donors (Lipinski definition) is 2. The summed E-state index contributed by atoms with van der Waals surface area (Å²) in [6.07, 6.45) is 5.62. The van der Waals surface area contributed by atoms with E-state index in [1.54, 1.807) is 0 Å². The van der Waals surface area contributed by atoms with Crippen molar-refractivity contribution in [3.63, 3.8) is 0 Å². The average molecular weight is 603 g/mol. The highest BCUT2D eigenvalue weighted by molar-refractivity contribution is 6.19. The first kappa shape index (κ1) is 28.5. The first-order valence-corrected chi connectivity index (χ1v) is 14.2. The molecule has 0 radical (unpaired) electrons. The topological polar surface area (TPSA) is 59.8 Å². The van der Waals surface area contributed by atoms with Gasteiger partial charge in [-0.05, 0) is 35.0 Å². The predicted octanol–water partition coefficient (Wildman–Crippen LogP) is 4.86. The van der Waals surface area contributed by atoms with Crippen LogP contribution in [0.3, 0.4) is 0 Å². The van der Waals surface area contributed by atoms with Crippen molar-refractivity contribution in [2.75, 3.05) is 11.5 Å². The molecule has 0 unspecified atom stereocenters. The fourth-order valence-electron chi connectivity index (χ4n) is 6.71. The number of aromatic nitrogens is 2. The highest BCUT2D eigenvalue weighted by Gasteiger charge is 2.19. The van der Waals surface area contributed by atoms with E-state index in [1.165, 1.54) is 54.1 Å². The molecule has 6 heteroatoms. The molecule has 4 N–H and O–H groups in total. The highest BCUT2D eigenvalue weighted by atomic mass is 35.5. The Morgan fingerprint density at radius 3 is 1.19 bits per heavy atom. The van der Waals surface area contributed by atoms with E-state index < -0.39 is 0 Å². The van der Waals surface area contributed by atoms with Crippen molar-refractivity contribution in [1.82, 2.24) is 0 Å². The Balaban J connectivity index is 0.00000165. The summed E-state index contributed by atoms with van der Waals surface area (Å²) in [5, 5.41) is 11.9. The van der Waals surface area contributed by atoms with Gasteiger partial charge in [-0.15, -0.1) is 12.4 Å². The lowest BCUT2D eigenvalue weighted by atomic mass is 9.98. The molecule has 0 aliphatic heterocycles. The van der Waals surface area contributed by atoms with Gasteiger partial charge in [-0.25, -0.2) is 0 Å². The van der Waals surface area contributed by atoms with Gasteiger partial charge in [0.2, 0.25) is 11.0 Å². The van der Waals surface area contributed by atoms with Gasteiger partial charge in [-0.2, -0.15) is 9.13 Å². The third-order valence-electron chi connectivity index (χ3n) is 8.61. The molecule has 8 aromatic rings. The van der Waals surface area contributed by atoms with Gasteiger partial charge < -0.3 is 23.9 Å². The third kappa shape index (κ3) is 4.55. The molecule has 8 rings (SSSR count). The molecule has 0 amide bonds. The Morgan fingerprint density at radius 2 is 0.767 bits per heavy atom. The number of para-hydroxylation sites is 2. The minimum Gasteiger partial charge on any atom is -1.00 e. The largest absolute Gasteiger partial charge is 1.00 e. The predicted molar refractivity (Wildman–Crippen MR) is 179 cm³/mol. The second-order valence-corrected chi connectivity index (χ2v) is 11.0. The normalized spacial score (nSPS) is 11.3. The van der Waals surface area contributed by atoms with Crippen LogP contribution in [-0.2, 0) is 13.1 Å². The molecular formula is C37H31Cl2N4+. The molecule has 0 saturated heterocycles. The Bertz CT molecular complexity index is 2170. The standard InChI is InChI=1S/C37H28N4.2ClH/c38-34-20-30-28-14-5-7-16-36(28)40(22-32(30)24-10-1-3-12-26(24)34)18-9-19-41-23-33-25-11-2-4-13-27(25)35(39)21-31(33)29-15-6-8-17-37(29)41;;/h1-8,10-17,20-23,38-39H,9,18-19H2;2*1H/p+1. The van der Waals surface area contributed by atoms with Crippen LogP contribution in [0.5, 0.6) is 0 Å². The van der Waals surface area contributed by atoms with Crippen molar-refractivity contribution in [2.45, 2.75) is 19.5 Å².